The summed E-state index contributed by atoms with van der Waals surface area (Å²) in [5.74, 6) is 0.435. The van der Waals surface area contributed by atoms with E-state index in [0.29, 0.717) is 12.4 Å². The summed E-state index contributed by atoms with van der Waals surface area (Å²) in [6, 6.07) is 14.5. The average Bonchev–Trinajstić information content (AvgIpc) is 3.66. The number of nitrogens with one attached hydrogen (secondary N) is 1. The maximum Gasteiger partial charge on any atom is 0.164 e. The number of aryl methyl sites for hydroxylation is 2. The van der Waals surface area contributed by atoms with Crippen molar-refractivity contribution in [1.82, 2.24) is 14.1 Å². The predicted octanol–water partition coefficient (Wildman–Crippen LogP) is 4.13. The summed E-state index contributed by atoms with van der Waals surface area (Å²) in [5, 5.41) is 24.0. The molecule has 38 heavy (non-hydrogen) atoms. The van der Waals surface area contributed by atoms with Crippen molar-refractivity contribution in [2.75, 3.05) is 10.2 Å². The zero-order valence-corrected chi connectivity index (χ0v) is 20.9. The van der Waals surface area contributed by atoms with Crippen LogP contribution in [0.4, 0.5) is 27.3 Å². The molecule has 2 aromatic heterocycles. The van der Waals surface area contributed by atoms with Gasteiger partial charge in [-0.05, 0) is 67.4 Å². The summed E-state index contributed by atoms with van der Waals surface area (Å²) in [4.78, 5) is 10.9. The van der Waals surface area contributed by atoms with E-state index >= 15 is 0 Å². The largest absolute Gasteiger partial charge is 0.388 e. The molecule has 10 heteroatoms. The first-order chi connectivity index (χ1) is 18.5. The fraction of sp³-hybridized carbons (Fsp3) is 0.286. The number of aromatic nitrogens is 3. The minimum Gasteiger partial charge on any atom is -0.388 e. The molecule has 0 radical (unpaired) electrons. The number of ether oxygens (including phenoxy) is 1. The zero-order chi connectivity index (χ0) is 26.2. The van der Waals surface area contributed by atoms with Crippen LogP contribution < -0.4 is 10.2 Å². The molecule has 0 saturated carbocycles. The van der Waals surface area contributed by atoms with Crippen molar-refractivity contribution in [2.45, 2.75) is 51.0 Å². The summed E-state index contributed by atoms with van der Waals surface area (Å²) < 4.78 is 23.0. The van der Waals surface area contributed by atoms with E-state index < -0.39 is 24.5 Å². The Kier molecular flexibility index (Phi) is 6.44. The van der Waals surface area contributed by atoms with Crippen LogP contribution in [0.3, 0.4) is 0 Å². The Morgan fingerprint density at radius 2 is 1.92 bits per heavy atom. The number of rotatable bonds is 7. The highest BCUT2D eigenvalue weighted by Crippen LogP contribution is 2.37. The van der Waals surface area contributed by atoms with Crippen LogP contribution in [0.15, 0.2) is 78.4 Å². The van der Waals surface area contributed by atoms with Crippen LogP contribution in [0, 0.1) is 5.82 Å². The van der Waals surface area contributed by atoms with Crippen molar-refractivity contribution in [3.63, 3.8) is 0 Å². The fourth-order valence-corrected chi connectivity index (χ4v) is 4.97. The van der Waals surface area contributed by atoms with Gasteiger partial charge in [0.25, 0.3) is 0 Å². The Labute approximate surface area is 219 Å². The molecule has 2 aliphatic rings. The summed E-state index contributed by atoms with van der Waals surface area (Å²) >= 11 is 0. The molecular weight excluding hydrogens is 487 g/mol. The van der Waals surface area contributed by atoms with Gasteiger partial charge in [0.15, 0.2) is 6.23 Å². The molecule has 4 aromatic rings. The maximum atomic E-state index is 13.4. The quantitative estimate of drug-likeness (QED) is 0.342. The first-order valence-corrected chi connectivity index (χ1v) is 12.6. The normalized spacial score (nSPS) is 22.6. The Morgan fingerprint density at radius 1 is 1.08 bits per heavy atom. The van der Waals surface area contributed by atoms with Crippen molar-refractivity contribution in [1.29, 1.82) is 0 Å². The lowest BCUT2D eigenvalue weighted by molar-refractivity contribution is -0.0308. The molecule has 6 rings (SSSR count). The number of benzene rings is 2. The number of aliphatic hydroxyl groups is 2. The lowest BCUT2D eigenvalue weighted by Crippen LogP contribution is -2.30. The third-order valence-corrected chi connectivity index (χ3v) is 7.12. The molecule has 2 aliphatic heterocycles. The molecule has 4 atom stereocenters. The van der Waals surface area contributed by atoms with E-state index in [2.05, 4.69) is 26.3 Å². The van der Waals surface area contributed by atoms with E-state index in [9.17, 15) is 14.6 Å². The fourth-order valence-electron chi connectivity index (χ4n) is 4.97. The van der Waals surface area contributed by atoms with Crippen LogP contribution in [-0.4, -0.2) is 49.0 Å². The molecule has 0 unspecified atom stereocenters. The van der Waals surface area contributed by atoms with E-state index in [4.69, 9.17) is 4.74 Å². The smallest absolute Gasteiger partial charge is 0.164 e. The summed E-state index contributed by atoms with van der Waals surface area (Å²) in [6.07, 6.45) is 6.78. The monoisotopic (exact) mass is 516 g/mol. The minimum absolute atomic E-state index is 0.275. The zero-order valence-electron chi connectivity index (χ0n) is 20.9. The third kappa shape index (κ3) is 4.69. The second-order valence-corrected chi connectivity index (χ2v) is 9.68. The van der Waals surface area contributed by atoms with Gasteiger partial charge in [0.05, 0.1) is 25.3 Å². The molecule has 4 heterocycles. The van der Waals surface area contributed by atoms with Gasteiger partial charge in [0.1, 0.15) is 23.8 Å². The van der Waals surface area contributed by atoms with Gasteiger partial charge in [0, 0.05) is 47.8 Å². The maximum absolute atomic E-state index is 13.4. The van der Waals surface area contributed by atoms with Crippen LogP contribution in [0.2, 0.25) is 0 Å². The van der Waals surface area contributed by atoms with Crippen molar-refractivity contribution in [2.24, 2.45) is 4.99 Å². The molecule has 1 fully saturated rings. The van der Waals surface area contributed by atoms with Crippen LogP contribution in [0.5, 0.6) is 0 Å². The van der Waals surface area contributed by atoms with Crippen molar-refractivity contribution >= 4 is 29.2 Å². The molecule has 196 valence electrons. The number of imidazole rings is 1. The SMILES string of the molecule is C[C@H]1O[C@@H](n2ccc3c2N=CN(c2ccc(Nc4ccc(F)cc4)c(CCn4ccnc4)c2)C3)[C@H](O)[C@@H]1O. The van der Waals surface area contributed by atoms with Gasteiger partial charge in [-0.3, -0.25) is 0 Å². The molecule has 2 aromatic carbocycles. The Morgan fingerprint density at radius 3 is 2.66 bits per heavy atom. The minimum atomic E-state index is -1.02. The van der Waals surface area contributed by atoms with Gasteiger partial charge in [-0.25, -0.2) is 14.4 Å². The number of fused-ring (bicyclic) bond motifs is 1. The lowest BCUT2D eigenvalue weighted by Gasteiger charge is -2.26. The van der Waals surface area contributed by atoms with E-state index in [0.717, 1.165) is 41.2 Å². The van der Waals surface area contributed by atoms with Crippen LogP contribution in [0.1, 0.15) is 24.3 Å². The highest BCUT2D eigenvalue weighted by Gasteiger charge is 2.42. The van der Waals surface area contributed by atoms with Crippen molar-refractivity contribution in [3.8, 4) is 0 Å². The van der Waals surface area contributed by atoms with Crippen LogP contribution in [0.25, 0.3) is 0 Å². The molecule has 0 aliphatic carbocycles. The van der Waals surface area contributed by atoms with Gasteiger partial charge in [0.2, 0.25) is 0 Å². The number of aliphatic hydroxyl groups excluding tert-OH is 2. The van der Waals surface area contributed by atoms with Gasteiger partial charge in [-0.2, -0.15) is 0 Å². The highest BCUT2D eigenvalue weighted by atomic mass is 19.1. The number of hydrogen-bond acceptors (Lipinski definition) is 7. The van der Waals surface area contributed by atoms with Crippen LogP contribution in [-0.2, 0) is 24.2 Å². The highest BCUT2D eigenvalue weighted by molar-refractivity contribution is 5.84. The van der Waals surface area contributed by atoms with Gasteiger partial charge >= 0.3 is 0 Å². The first-order valence-electron chi connectivity index (χ1n) is 12.6. The molecular formula is C28H29FN6O3. The Balaban J connectivity index is 1.25. The second kappa shape index (κ2) is 10.1. The Bertz CT molecular complexity index is 1440. The topological polar surface area (TPSA) is 100 Å². The second-order valence-electron chi connectivity index (χ2n) is 9.68. The molecule has 3 N–H and O–H groups in total. The number of nitrogens with zero attached hydrogens (tertiary/aromatic N) is 5. The van der Waals surface area contributed by atoms with E-state index in [1.165, 1.54) is 12.1 Å². The van der Waals surface area contributed by atoms with Gasteiger partial charge in [-0.15, -0.1) is 0 Å². The van der Waals surface area contributed by atoms with E-state index in [1.807, 2.05) is 35.2 Å². The number of aliphatic imine (C=N–C) groups is 1. The summed E-state index contributed by atoms with van der Waals surface area (Å²) in [7, 11) is 0. The molecule has 0 amide bonds. The predicted molar refractivity (Wildman–Crippen MR) is 142 cm³/mol. The molecule has 1 saturated heterocycles. The average molecular weight is 517 g/mol. The summed E-state index contributed by atoms with van der Waals surface area (Å²) in [6.45, 7) is 3.10. The number of hydrogen-bond donors (Lipinski definition) is 3. The number of halogens is 1. The van der Waals surface area contributed by atoms with Crippen molar-refractivity contribution < 1.29 is 19.3 Å². The third-order valence-electron chi connectivity index (χ3n) is 7.12. The molecule has 0 bridgehead atoms. The molecule has 9 nitrogen and oxygen atoms in total. The standard InChI is InChI=1S/C28H29FN6O3/c1-18-25(36)26(37)28(38-18)35-12-9-20-15-34(17-31-27(20)35)23-6-7-24(32-22-4-2-21(29)3-5-22)19(14-23)8-11-33-13-10-30-16-33/h2-7,9-10,12-14,16-18,25-26,28,32,36-37H,8,11,15H2,1H3/t18-,25-,26-,28-/m1/s1. The number of anilines is 3. The van der Waals surface area contributed by atoms with Gasteiger partial charge in [-0.1, -0.05) is 0 Å². The lowest BCUT2D eigenvalue weighted by atomic mass is 10.1. The van der Waals surface area contributed by atoms with E-state index in [1.54, 1.807) is 42.5 Å². The molecule has 0 spiro atoms. The van der Waals surface area contributed by atoms with Gasteiger partial charge < -0.3 is 34.3 Å². The van der Waals surface area contributed by atoms with Crippen LogP contribution >= 0.6 is 0 Å². The first kappa shape index (κ1) is 24.4. The summed E-state index contributed by atoms with van der Waals surface area (Å²) in [5.41, 5.74) is 4.83. The van der Waals surface area contributed by atoms with Crippen molar-refractivity contribution in [3.05, 3.63) is 90.4 Å². The van der Waals surface area contributed by atoms with E-state index in [-0.39, 0.29) is 5.82 Å². The Hall–Kier alpha value is -3.99.